The second-order valence-corrected chi connectivity index (χ2v) is 10.4. The highest BCUT2D eigenvalue weighted by atomic mass is 35.5. The van der Waals surface area contributed by atoms with E-state index < -0.39 is 39.2 Å². The third kappa shape index (κ3) is 4.09. The average molecular weight is 473 g/mol. The summed E-state index contributed by atoms with van der Waals surface area (Å²) in [5.41, 5.74) is -0.898. The number of amides is 2. The van der Waals surface area contributed by atoms with Crippen molar-refractivity contribution in [2.24, 2.45) is 0 Å². The third-order valence-corrected chi connectivity index (χ3v) is 7.47. The van der Waals surface area contributed by atoms with Crippen molar-refractivity contribution in [2.75, 3.05) is 4.90 Å². The molecule has 0 bridgehead atoms. The van der Waals surface area contributed by atoms with Gasteiger partial charge in [0.25, 0.3) is 5.91 Å². The number of carbonyl (C=O) groups excluding carboxylic acids is 2. The van der Waals surface area contributed by atoms with Gasteiger partial charge in [0.05, 0.1) is 17.1 Å². The van der Waals surface area contributed by atoms with Crippen LogP contribution in [0.4, 0.5) is 10.1 Å². The van der Waals surface area contributed by atoms with Crippen molar-refractivity contribution >= 4 is 50.7 Å². The average Bonchev–Trinajstić information content (AvgIpc) is 2.90. The number of nitrogens with zero attached hydrogens (tertiary/aromatic N) is 2. The molecule has 30 heavy (non-hydrogen) atoms. The minimum absolute atomic E-state index is 0.0548. The van der Waals surface area contributed by atoms with Gasteiger partial charge in [-0.2, -0.15) is 4.31 Å². The predicted molar refractivity (Wildman–Crippen MR) is 113 cm³/mol. The lowest BCUT2D eigenvalue weighted by atomic mass is 10.1. The molecular formula is C20H19Cl2FN2O4S. The van der Waals surface area contributed by atoms with Crippen LogP contribution in [0.5, 0.6) is 0 Å². The summed E-state index contributed by atoms with van der Waals surface area (Å²) in [4.78, 5) is 26.4. The number of hydrogen-bond donors (Lipinski definition) is 0. The lowest BCUT2D eigenvalue weighted by molar-refractivity contribution is -0.122. The second kappa shape index (κ2) is 7.92. The minimum atomic E-state index is -4.31. The van der Waals surface area contributed by atoms with Gasteiger partial charge in [0.15, 0.2) is 0 Å². The fourth-order valence-corrected chi connectivity index (χ4v) is 6.11. The molecule has 0 saturated carbocycles. The fraction of sp³-hybridized carbons (Fsp3) is 0.300. The van der Waals surface area contributed by atoms with Gasteiger partial charge in [-0.25, -0.2) is 17.7 Å². The monoisotopic (exact) mass is 472 g/mol. The van der Waals surface area contributed by atoms with Crippen LogP contribution in [-0.4, -0.2) is 36.1 Å². The molecule has 0 N–H and O–H groups in total. The molecule has 2 amide bonds. The summed E-state index contributed by atoms with van der Waals surface area (Å²) in [5.74, 6) is -1.83. The summed E-state index contributed by atoms with van der Waals surface area (Å²) < 4.78 is 41.3. The molecule has 1 unspecified atom stereocenters. The Morgan fingerprint density at radius 3 is 2.23 bits per heavy atom. The van der Waals surface area contributed by atoms with Crippen LogP contribution in [0.15, 0.2) is 47.4 Å². The van der Waals surface area contributed by atoms with Gasteiger partial charge in [0, 0.05) is 10.6 Å². The van der Waals surface area contributed by atoms with Crippen LogP contribution >= 0.6 is 23.2 Å². The van der Waals surface area contributed by atoms with Gasteiger partial charge in [-0.3, -0.25) is 9.59 Å². The Kier molecular flexibility index (Phi) is 5.99. The van der Waals surface area contributed by atoms with Gasteiger partial charge in [-0.1, -0.05) is 23.2 Å². The Bertz CT molecular complexity index is 1110. The van der Waals surface area contributed by atoms with Gasteiger partial charge in [0.1, 0.15) is 16.8 Å². The fourth-order valence-electron chi connectivity index (χ4n) is 3.44. The van der Waals surface area contributed by atoms with Gasteiger partial charge >= 0.3 is 0 Å². The highest BCUT2D eigenvalue weighted by Crippen LogP contribution is 2.36. The largest absolute Gasteiger partial charge is 0.274 e. The quantitative estimate of drug-likeness (QED) is 0.623. The van der Waals surface area contributed by atoms with Crippen LogP contribution in [0.25, 0.3) is 0 Å². The lowest BCUT2D eigenvalue weighted by Gasteiger charge is -2.37. The molecule has 1 saturated heterocycles. The first-order valence-electron chi connectivity index (χ1n) is 8.96. The maximum atomic E-state index is 13.5. The Morgan fingerprint density at radius 1 is 1.07 bits per heavy atom. The molecule has 2 aromatic rings. The predicted octanol–water partition coefficient (Wildman–Crippen LogP) is 4.25. The number of hydrogen-bond acceptors (Lipinski definition) is 4. The topological polar surface area (TPSA) is 74.8 Å². The van der Waals surface area contributed by atoms with Crippen LogP contribution < -0.4 is 4.90 Å². The first-order valence-corrected chi connectivity index (χ1v) is 11.2. The van der Waals surface area contributed by atoms with Crippen molar-refractivity contribution in [1.29, 1.82) is 0 Å². The minimum Gasteiger partial charge on any atom is -0.274 e. The van der Waals surface area contributed by atoms with Crippen LogP contribution in [0.1, 0.15) is 27.2 Å². The Labute approximate surface area is 184 Å². The molecule has 1 heterocycles. The van der Waals surface area contributed by atoms with Crippen LogP contribution in [-0.2, 0) is 19.6 Å². The molecule has 1 aliphatic heterocycles. The maximum Gasteiger partial charge on any atom is 0.252 e. The maximum absolute atomic E-state index is 13.5. The van der Waals surface area contributed by atoms with E-state index in [4.69, 9.17) is 23.2 Å². The molecular weight excluding hydrogens is 454 g/mol. The molecule has 0 aliphatic carbocycles. The number of anilines is 1. The van der Waals surface area contributed by atoms with Crippen molar-refractivity contribution < 1.29 is 22.4 Å². The molecule has 0 aromatic heterocycles. The second-order valence-electron chi connectivity index (χ2n) is 7.81. The smallest absolute Gasteiger partial charge is 0.252 e. The lowest BCUT2D eigenvalue weighted by Crippen LogP contribution is -2.54. The van der Waals surface area contributed by atoms with Crippen LogP contribution in [0.3, 0.4) is 0 Å². The standard InChI is InChI=1S/C20H19Cl2FN2O4S/c1-20(2,3)25(30(28,29)17-10-12(21)4-9-15(17)22)16-11-18(26)24(19(16)27)14-7-5-13(23)6-8-14/h4-10,16H,11H2,1-3H3. The molecule has 160 valence electrons. The number of halogens is 3. The van der Waals surface area contributed by atoms with Gasteiger partial charge in [-0.15, -0.1) is 0 Å². The third-order valence-electron chi connectivity index (χ3n) is 4.58. The molecule has 1 atom stereocenters. The zero-order chi connectivity index (χ0) is 22.4. The number of benzene rings is 2. The summed E-state index contributed by atoms with van der Waals surface area (Å²) >= 11 is 12.1. The number of sulfonamides is 1. The van der Waals surface area contributed by atoms with E-state index in [0.29, 0.717) is 0 Å². The first-order chi connectivity index (χ1) is 13.8. The zero-order valence-corrected chi connectivity index (χ0v) is 18.7. The van der Waals surface area contributed by atoms with Crippen LogP contribution in [0.2, 0.25) is 10.0 Å². The molecule has 1 fully saturated rings. The first kappa shape index (κ1) is 22.7. The Balaban J connectivity index is 2.09. The van der Waals surface area contributed by atoms with Gasteiger partial charge in [-0.05, 0) is 63.2 Å². The number of imide groups is 1. The normalized spacial score (nSPS) is 17.8. The van der Waals surface area contributed by atoms with E-state index >= 15 is 0 Å². The van der Waals surface area contributed by atoms with E-state index in [1.54, 1.807) is 20.8 Å². The molecule has 0 spiro atoms. The summed E-state index contributed by atoms with van der Waals surface area (Å²) in [6.07, 6.45) is -0.356. The van der Waals surface area contributed by atoms with Crippen molar-refractivity contribution in [1.82, 2.24) is 4.31 Å². The molecule has 10 heteroatoms. The summed E-state index contributed by atoms with van der Waals surface area (Å²) in [6.45, 7) is 4.84. The molecule has 6 nitrogen and oxygen atoms in total. The molecule has 2 aromatic carbocycles. The highest BCUT2D eigenvalue weighted by molar-refractivity contribution is 7.89. The van der Waals surface area contributed by atoms with Crippen molar-refractivity contribution in [2.45, 2.75) is 43.7 Å². The Hall–Kier alpha value is -2.00. The number of carbonyl (C=O) groups is 2. The van der Waals surface area contributed by atoms with E-state index in [1.165, 1.54) is 30.3 Å². The molecule has 3 rings (SSSR count). The van der Waals surface area contributed by atoms with E-state index in [2.05, 4.69) is 0 Å². The number of rotatable bonds is 4. The van der Waals surface area contributed by atoms with Crippen molar-refractivity contribution in [3.8, 4) is 0 Å². The zero-order valence-electron chi connectivity index (χ0n) is 16.4. The van der Waals surface area contributed by atoms with Crippen molar-refractivity contribution in [3.05, 3.63) is 58.3 Å². The molecule has 0 radical (unpaired) electrons. The summed E-state index contributed by atoms with van der Waals surface area (Å²) in [7, 11) is -4.31. The van der Waals surface area contributed by atoms with Crippen molar-refractivity contribution in [3.63, 3.8) is 0 Å². The van der Waals surface area contributed by atoms with E-state index in [1.807, 2.05) is 0 Å². The van der Waals surface area contributed by atoms with Gasteiger partial charge in [0.2, 0.25) is 15.9 Å². The molecule has 1 aliphatic rings. The highest BCUT2D eigenvalue weighted by Gasteiger charge is 2.51. The van der Waals surface area contributed by atoms with Crippen LogP contribution in [0, 0.1) is 5.82 Å². The van der Waals surface area contributed by atoms with E-state index in [0.717, 1.165) is 21.3 Å². The summed E-state index contributed by atoms with van der Waals surface area (Å²) in [5, 5.41) is 0.106. The van der Waals surface area contributed by atoms with Gasteiger partial charge < -0.3 is 0 Å². The van der Waals surface area contributed by atoms with E-state index in [-0.39, 0.29) is 27.0 Å². The Morgan fingerprint density at radius 2 is 1.67 bits per heavy atom. The van der Waals surface area contributed by atoms with E-state index in [9.17, 15) is 22.4 Å². The SMILES string of the molecule is CC(C)(C)N(C1CC(=O)N(c2ccc(F)cc2)C1=O)S(=O)(=O)c1cc(Cl)ccc1Cl. The summed E-state index contributed by atoms with van der Waals surface area (Å²) in [6, 6.07) is 7.53.